The number of alkyl halides is 2. The van der Waals surface area contributed by atoms with Crippen LogP contribution in [0.5, 0.6) is 0 Å². The first-order valence-corrected chi connectivity index (χ1v) is 9.02. The molecule has 0 bridgehead atoms. The monoisotopic (exact) mass is 402 g/mol. The number of benzene rings is 1. The van der Waals surface area contributed by atoms with Crippen molar-refractivity contribution in [2.75, 3.05) is 5.32 Å². The molecule has 1 amide bonds. The molecule has 3 aromatic rings. The number of carbonyl (C=O) groups excluding carboxylic acids is 2. The summed E-state index contributed by atoms with van der Waals surface area (Å²) in [5.74, 6) is -4.31. The van der Waals surface area contributed by atoms with Crippen LogP contribution in [-0.2, 0) is 7.05 Å². The molecule has 0 unspecified atom stereocenters. The van der Waals surface area contributed by atoms with Crippen LogP contribution in [0.1, 0.15) is 40.2 Å². The fraction of sp³-hybridized carbons (Fsp3) is 0.300. The van der Waals surface area contributed by atoms with E-state index in [-0.39, 0.29) is 42.4 Å². The molecule has 4 rings (SSSR count). The van der Waals surface area contributed by atoms with Crippen molar-refractivity contribution in [2.45, 2.75) is 25.2 Å². The van der Waals surface area contributed by atoms with Gasteiger partial charge in [-0.05, 0) is 36.2 Å². The maximum absolute atomic E-state index is 13.0. The molecule has 6 nitrogen and oxygen atoms in total. The van der Waals surface area contributed by atoms with Gasteiger partial charge in [0.05, 0.1) is 11.7 Å². The molecular weight excluding hydrogens is 385 g/mol. The number of hydrogen-bond acceptors (Lipinski definition) is 4. The molecule has 150 valence electrons. The highest BCUT2D eigenvalue weighted by atomic mass is 19.3. The van der Waals surface area contributed by atoms with E-state index in [9.17, 15) is 22.8 Å². The van der Waals surface area contributed by atoms with Gasteiger partial charge in [-0.1, -0.05) is 0 Å². The van der Waals surface area contributed by atoms with Gasteiger partial charge in [0.1, 0.15) is 17.2 Å². The number of nitrogens with one attached hydrogen (secondary N) is 1. The fourth-order valence-electron chi connectivity index (χ4n) is 3.53. The standard InChI is InChI=1S/C20H17F3N4O2/c1-27-16-7-13(25-19(29)15-5-2-12(21)10-24-15)3-4-14(16)18(26-27)17(28)6-11-8-20(22,23)9-11/h2-5,7,10-11H,6,8-9H2,1H3,(H,25,29). The Kier molecular flexibility index (Phi) is 4.60. The maximum atomic E-state index is 13.0. The SMILES string of the molecule is Cn1nc(C(=O)CC2CC(F)(F)C2)c2ccc(NC(=O)c3ccc(F)cn3)cc21. The van der Waals surface area contributed by atoms with Gasteiger partial charge in [-0.3, -0.25) is 14.3 Å². The minimum absolute atomic E-state index is 0.0381. The van der Waals surface area contributed by atoms with E-state index < -0.39 is 17.6 Å². The molecule has 0 spiro atoms. The second-order valence-corrected chi connectivity index (χ2v) is 7.28. The number of amides is 1. The highest BCUT2D eigenvalue weighted by Crippen LogP contribution is 2.44. The topological polar surface area (TPSA) is 76.9 Å². The van der Waals surface area contributed by atoms with Gasteiger partial charge in [-0.25, -0.2) is 18.2 Å². The number of fused-ring (bicyclic) bond motifs is 1. The molecule has 1 N–H and O–H groups in total. The lowest BCUT2D eigenvalue weighted by Crippen LogP contribution is -2.36. The summed E-state index contributed by atoms with van der Waals surface area (Å²) in [5, 5.41) is 7.48. The van der Waals surface area contributed by atoms with Crippen LogP contribution in [0.25, 0.3) is 10.9 Å². The smallest absolute Gasteiger partial charge is 0.274 e. The Labute approximate surface area is 163 Å². The molecule has 0 saturated heterocycles. The number of hydrogen-bond donors (Lipinski definition) is 1. The Bertz CT molecular complexity index is 1100. The molecule has 9 heteroatoms. The third-order valence-electron chi connectivity index (χ3n) is 4.98. The van der Waals surface area contributed by atoms with Crippen LogP contribution < -0.4 is 5.32 Å². The minimum Gasteiger partial charge on any atom is -0.321 e. The van der Waals surface area contributed by atoms with Crippen molar-refractivity contribution in [2.24, 2.45) is 13.0 Å². The summed E-state index contributed by atoms with van der Waals surface area (Å²) >= 11 is 0. The number of Topliss-reactive ketones (excluding diaryl/α,β-unsaturated/α-hetero) is 1. The zero-order chi connectivity index (χ0) is 20.8. The number of ketones is 1. The van der Waals surface area contributed by atoms with Crippen LogP contribution in [0.4, 0.5) is 18.9 Å². The lowest BCUT2D eigenvalue weighted by atomic mass is 9.78. The maximum Gasteiger partial charge on any atom is 0.274 e. The molecule has 1 aliphatic rings. The van der Waals surface area contributed by atoms with Crippen molar-refractivity contribution in [3.63, 3.8) is 0 Å². The van der Waals surface area contributed by atoms with Crippen molar-refractivity contribution in [1.29, 1.82) is 0 Å². The quantitative estimate of drug-likeness (QED) is 0.655. The number of aryl methyl sites for hydroxylation is 1. The van der Waals surface area contributed by atoms with Gasteiger partial charge in [0.25, 0.3) is 5.91 Å². The van der Waals surface area contributed by atoms with E-state index in [1.165, 1.54) is 10.7 Å². The zero-order valence-corrected chi connectivity index (χ0v) is 15.5. The average Bonchev–Trinajstić information content (AvgIpc) is 2.97. The van der Waals surface area contributed by atoms with Gasteiger partial charge in [0.2, 0.25) is 5.92 Å². The number of rotatable bonds is 5. The molecule has 0 radical (unpaired) electrons. The van der Waals surface area contributed by atoms with Crippen LogP contribution in [0, 0.1) is 11.7 Å². The second-order valence-electron chi connectivity index (χ2n) is 7.28. The first-order valence-electron chi connectivity index (χ1n) is 9.02. The molecule has 1 aliphatic carbocycles. The number of halogens is 3. The highest BCUT2D eigenvalue weighted by molar-refractivity contribution is 6.08. The van der Waals surface area contributed by atoms with Gasteiger partial charge in [-0.15, -0.1) is 0 Å². The van der Waals surface area contributed by atoms with Crippen molar-refractivity contribution in [3.8, 4) is 0 Å². The number of carbonyl (C=O) groups is 2. The summed E-state index contributed by atoms with van der Waals surface area (Å²) in [6, 6.07) is 7.33. The molecule has 29 heavy (non-hydrogen) atoms. The third-order valence-corrected chi connectivity index (χ3v) is 4.98. The summed E-state index contributed by atoms with van der Waals surface area (Å²) < 4.78 is 40.4. The van der Waals surface area contributed by atoms with Crippen LogP contribution in [0.2, 0.25) is 0 Å². The van der Waals surface area contributed by atoms with E-state index in [1.807, 2.05) is 0 Å². The number of aromatic nitrogens is 3. The van der Waals surface area contributed by atoms with E-state index in [1.54, 1.807) is 25.2 Å². The van der Waals surface area contributed by atoms with E-state index in [2.05, 4.69) is 15.4 Å². The number of anilines is 1. The fourth-order valence-corrected chi connectivity index (χ4v) is 3.53. The van der Waals surface area contributed by atoms with Crippen LogP contribution in [0.3, 0.4) is 0 Å². The Morgan fingerprint density at radius 3 is 2.66 bits per heavy atom. The summed E-state index contributed by atoms with van der Waals surface area (Å²) in [7, 11) is 1.66. The van der Waals surface area contributed by atoms with E-state index in [0.29, 0.717) is 16.6 Å². The third kappa shape index (κ3) is 3.85. The first-order chi connectivity index (χ1) is 13.7. The number of nitrogens with zero attached hydrogens (tertiary/aromatic N) is 3. The molecule has 1 saturated carbocycles. The Morgan fingerprint density at radius 1 is 1.24 bits per heavy atom. The predicted molar refractivity (Wildman–Crippen MR) is 99.5 cm³/mol. The largest absolute Gasteiger partial charge is 0.321 e. The Balaban J connectivity index is 1.52. The van der Waals surface area contributed by atoms with Crippen molar-refractivity contribution < 1.29 is 22.8 Å². The number of pyridine rings is 1. The summed E-state index contributed by atoms with van der Waals surface area (Å²) in [6.45, 7) is 0. The van der Waals surface area contributed by atoms with Crippen LogP contribution in [-0.4, -0.2) is 32.4 Å². The molecule has 1 fully saturated rings. The lowest BCUT2D eigenvalue weighted by Gasteiger charge is -2.34. The molecular formula is C20H17F3N4O2. The lowest BCUT2D eigenvalue weighted by molar-refractivity contribution is -0.109. The minimum atomic E-state index is -2.66. The molecule has 2 aromatic heterocycles. The summed E-state index contributed by atoms with van der Waals surface area (Å²) in [4.78, 5) is 28.5. The van der Waals surface area contributed by atoms with E-state index in [4.69, 9.17) is 0 Å². The Morgan fingerprint density at radius 2 is 2.00 bits per heavy atom. The predicted octanol–water partition coefficient (Wildman–Crippen LogP) is 3.98. The summed E-state index contributed by atoms with van der Waals surface area (Å²) in [5.41, 5.74) is 1.35. The zero-order valence-electron chi connectivity index (χ0n) is 15.5. The van der Waals surface area contributed by atoms with Gasteiger partial charge < -0.3 is 5.32 Å². The van der Waals surface area contributed by atoms with Crippen molar-refractivity contribution in [3.05, 3.63) is 53.7 Å². The first kappa shape index (κ1) is 19.1. The van der Waals surface area contributed by atoms with E-state index >= 15 is 0 Å². The van der Waals surface area contributed by atoms with Crippen molar-refractivity contribution in [1.82, 2.24) is 14.8 Å². The molecule has 2 heterocycles. The van der Waals surface area contributed by atoms with Crippen LogP contribution in [0.15, 0.2) is 36.5 Å². The van der Waals surface area contributed by atoms with Gasteiger partial charge in [0, 0.05) is 37.4 Å². The van der Waals surface area contributed by atoms with Gasteiger partial charge in [0.15, 0.2) is 5.78 Å². The second kappa shape index (κ2) is 6.98. The van der Waals surface area contributed by atoms with Crippen molar-refractivity contribution >= 4 is 28.3 Å². The highest BCUT2D eigenvalue weighted by Gasteiger charge is 2.46. The normalized spacial score (nSPS) is 15.9. The molecule has 0 aliphatic heterocycles. The summed E-state index contributed by atoms with van der Waals surface area (Å²) in [6.07, 6.45) is 0.458. The molecule has 0 atom stereocenters. The van der Waals surface area contributed by atoms with E-state index in [0.717, 1.165) is 12.3 Å². The average molecular weight is 402 g/mol. The Hall–Kier alpha value is -3.23. The molecule has 1 aromatic carbocycles. The van der Waals surface area contributed by atoms with Crippen LogP contribution >= 0.6 is 0 Å². The van der Waals surface area contributed by atoms with Gasteiger partial charge in [-0.2, -0.15) is 5.10 Å². The van der Waals surface area contributed by atoms with Gasteiger partial charge >= 0.3 is 0 Å².